The zero-order chi connectivity index (χ0) is 15.4. The first-order valence-electron chi connectivity index (χ1n) is 5.86. The highest BCUT2D eigenvalue weighted by Crippen LogP contribution is 2.38. The molecule has 5 nitrogen and oxygen atoms in total. The summed E-state index contributed by atoms with van der Waals surface area (Å²) in [5.41, 5.74) is 0.140. The molecule has 0 amide bonds. The van der Waals surface area contributed by atoms with Crippen LogP contribution in [0.1, 0.15) is 10.4 Å². The Kier molecular flexibility index (Phi) is 4.87. The fourth-order valence-electron chi connectivity index (χ4n) is 1.79. The number of nitro benzene ring substituents is 1. The van der Waals surface area contributed by atoms with E-state index in [9.17, 15) is 20.0 Å². The molecule has 1 N–H and O–H groups in total. The molecular weight excluding hydrogens is 310 g/mol. The highest BCUT2D eigenvalue weighted by molar-refractivity contribution is 8.00. The highest BCUT2D eigenvalue weighted by atomic mass is 32.2. The van der Waals surface area contributed by atoms with Gasteiger partial charge in [-0.25, -0.2) is 4.79 Å². The van der Waals surface area contributed by atoms with Crippen molar-refractivity contribution in [2.45, 2.75) is 14.7 Å². The van der Waals surface area contributed by atoms with Crippen LogP contribution in [0.4, 0.5) is 5.69 Å². The van der Waals surface area contributed by atoms with Crippen LogP contribution in [0.3, 0.4) is 0 Å². The molecule has 0 radical (unpaired) electrons. The quantitative estimate of drug-likeness (QED) is 0.506. The summed E-state index contributed by atoms with van der Waals surface area (Å²) in [5.74, 6) is -1.04. The molecule has 0 bridgehead atoms. The van der Waals surface area contributed by atoms with Gasteiger partial charge in [-0.3, -0.25) is 10.1 Å². The van der Waals surface area contributed by atoms with Gasteiger partial charge in [-0.1, -0.05) is 30.0 Å². The molecule has 0 fully saturated rings. The minimum absolute atomic E-state index is 0.0339. The molecule has 0 aromatic heterocycles. The van der Waals surface area contributed by atoms with E-state index in [1.807, 2.05) is 0 Å². The Morgan fingerprint density at radius 3 is 2.33 bits per heavy atom. The second-order valence-corrected chi connectivity index (χ2v) is 5.90. The number of benzene rings is 2. The Morgan fingerprint density at radius 2 is 1.71 bits per heavy atom. The minimum Gasteiger partial charge on any atom is -0.478 e. The summed E-state index contributed by atoms with van der Waals surface area (Å²) in [6.45, 7) is 0. The van der Waals surface area contributed by atoms with Crippen molar-refractivity contribution in [3.63, 3.8) is 0 Å². The SMILES string of the molecule is CSc1cccc(Sc2ccccc2[N+](=O)[O-])c1C(=O)O. The number of carbonyl (C=O) groups is 1. The molecule has 2 aromatic rings. The van der Waals surface area contributed by atoms with Crippen molar-refractivity contribution < 1.29 is 14.8 Å². The van der Waals surface area contributed by atoms with Crippen LogP contribution in [0.2, 0.25) is 0 Å². The summed E-state index contributed by atoms with van der Waals surface area (Å²) in [6, 6.07) is 11.4. The monoisotopic (exact) mass is 321 g/mol. The van der Waals surface area contributed by atoms with Gasteiger partial charge in [-0.2, -0.15) is 0 Å². The van der Waals surface area contributed by atoms with E-state index >= 15 is 0 Å². The molecule has 0 aliphatic carbocycles. The van der Waals surface area contributed by atoms with Crippen molar-refractivity contribution in [1.29, 1.82) is 0 Å². The standard InChI is InChI=1S/C14H11NO4S2/c1-20-11-7-4-8-12(13(11)14(16)17)21-10-6-3-2-5-9(10)15(18)19/h2-8H,1H3,(H,16,17). The molecule has 0 saturated carbocycles. The predicted molar refractivity (Wildman–Crippen MR) is 82.4 cm³/mol. The number of carboxylic acid groups (broad SMARTS) is 1. The highest BCUT2D eigenvalue weighted by Gasteiger charge is 2.19. The second-order valence-electron chi connectivity index (χ2n) is 3.97. The Bertz CT molecular complexity index is 703. The van der Waals surface area contributed by atoms with Gasteiger partial charge in [-0.15, -0.1) is 11.8 Å². The van der Waals surface area contributed by atoms with Gasteiger partial charge in [0.05, 0.1) is 15.4 Å². The van der Waals surface area contributed by atoms with Gasteiger partial charge in [0, 0.05) is 15.9 Å². The molecule has 2 aromatic carbocycles. The van der Waals surface area contributed by atoms with Gasteiger partial charge in [-0.05, 0) is 24.5 Å². The second kappa shape index (κ2) is 6.64. The van der Waals surface area contributed by atoms with E-state index in [4.69, 9.17) is 0 Å². The molecule has 2 rings (SSSR count). The van der Waals surface area contributed by atoms with Crippen LogP contribution in [0.25, 0.3) is 0 Å². The summed E-state index contributed by atoms with van der Waals surface area (Å²) >= 11 is 2.42. The largest absolute Gasteiger partial charge is 0.478 e. The molecule has 7 heteroatoms. The summed E-state index contributed by atoms with van der Waals surface area (Å²) in [4.78, 5) is 23.5. The van der Waals surface area contributed by atoms with E-state index in [0.717, 1.165) is 11.8 Å². The number of rotatable bonds is 5. The van der Waals surface area contributed by atoms with E-state index in [2.05, 4.69) is 0 Å². The third kappa shape index (κ3) is 3.37. The average molecular weight is 321 g/mol. The first kappa shape index (κ1) is 15.4. The van der Waals surface area contributed by atoms with E-state index in [1.54, 1.807) is 42.7 Å². The van der Waals surface area contributed by atoms with Gasteiger partial charge in [0.25, 0.3) is 5.69 Å². The molecule has 0 spiro atoms. The Balaban J connectivity index is 2.50. The Morgan fingerprint density at radius 1 is 1.10 bits per heavy atom. The van der Waals surface area contributed by atoms with Gasteiger partial charge < -0.3 is 5.11 Å². The Hall–Kier alpha value is -1.99. The number of nitro groups is 1. The third-order valence-corrected chi connectivity index (χ3v) is 4.61. The smallest absolute Gasteiger partial charge is 0.337 e. The van der Waals surface area contributed by atoms with Crippen molar-refractivity contribution in [2.75, 3.05) is 6.26 Å². The third-order valence-electron chi connectivity index (χ3n) is 2.70. The summed E-state index contributed by atoms with van der Waals surface area (Å²) in [5, 5.41) is 20.4. The van der Waals surface area contributed by atoms with Gasteiger partial charge in [0.2, 0.25) is 0 Å². The van der Waals surface area contributed by atoms with Crippen molar-refractivity contribution in [1.82, 2.24) is 0 Å². The van der Waals surface area contributed by atoms with Crippen LogP contribution in [0.15, 0.2) is 57.2 Å². The van der Waals surface area contributed by atoms with Crippen molar-refractivity contribution in [3.05, 3.63) is 58.1 Å². The van der Waals surface area contributed by atoms with E-state index < -0.39 is 10.9 Å². The molecule has 0 unspecified atom stereocenters. The minimum atomic E-state index is -1.04. The zero-order valence-electron chi connectivity index (χ0n) is 11.0. The lowest BCUT2D eigenvalue weighted by Crippen LogP contribution is -2.01. The van der Waals surface area contributed by atoms with Crippen molar-refractivity contribution >= 4 is 35.2 Å². The average Bonchev–Trinajstić information content (AvgIpc) is 2.47. The maximum atomic E-state index is 11.4. The van der Waals surface area contributed by atoms with Crippen LogP contribution < -0.4 is 0 Å². The molecule has 21 heavy (non-hydrogen) atoms. The first-order chi connectivity index (χ1) is 10.0. The molecule has 0 aliphatic rings. The van der Waals surface area contributed by atoms with E-state index in [1.165, 1.54) is 17.8 Å². The Labute approximate surface area is 129 Å². The van der Waals surface area contributed by atoms with Crippen LogP contribution >= 0.6 is 23.5 Å². The van der Waals surface area contributed by atoms with Crippen molar-refractivity contribution in [2.24, 2.45) is 0 Å². The van der Waals surface area contributed by atoms with Crippen LogP contribution in [0, 0.1) is 10.1 Å². The lowest BCUT2D eigenvalue weighted by atomic mass is 10.2. The number of nitrogens with zero attached hydrogens (tertiary/aromatic N) is 1. The van der Waals surface area contributed by atoms with Crippen LogP contribution in [-0.4, -0.2) is 22.3 Å². The van der Waals surface area contributed by atoms with Crippen LogP contribution in [-0.2, 0) is 0 Å². The fraction of sp³-hybridized carbons (Fsp3) is 0.0714. The molecule has 0 aliphatic heterocycles. The number of para-hydroxylation sites is 1. The maximum absolute atomic E-state index is 11.4. The maximum Gasteiger partial charge on any atom is 0.337 e. The van der Waals surface area contributed by atoms with Gasteiger partial charge in [0.1, 0.15) is 0 Å². The number of hydrogen-bond acceptors (Lipinski definition) is 5. The van der Waals surface area contributed by atoms with Crippen molar-refractivity contribution in [3.8, 4) is 0 Å². The summed E-state index contributed by atoms with van der Waals surface area (Å²) < 4.78 is 0. The summed E-state index contributed by atoms with van der Waals surface area (Å²) in [6.07, 6.45) is 1.79. The van der Waals surface area contributed by atoms with Gasteiger partial charge in [0.15, 0.2) is 0 Å². The molecule has 0 saturated heterocycles. The zero-order valence-corrected chi connectivity index (χ0v) is 12.6. The predicted octanol–water partition coefficient (Wildman–Crippen LogP) is 4.17. The number of hydrogen-bond donors (Lipinski definition) is 1. The van der Waals surface area contributed by atoms with E-state index in [-0.39, 0.29) is 11.3 Å². The number of carboxylic acids is 1. The lowest BCUT2D eigenvalue weighted by molar-refractivity contribution is -0.387. The van der Waals surface area contributed by atoms with Gasteiger partial charge >= 0.3 is 5.97 Å². The first-order valence-corrected chi connectivity index (χ1v) is 7.90. The molecule has 0 atom stereocenters. The number of aromatic carboxylic acids is 1. The molecular formula is C14H11NO4S2. The molecule has 108 valence electrons. The number of thioether (sulfide) groups is 1. The van der Waals surface area contributed by atoms with Crippen LogP contribution in [0.5, 0.6) is 0 Å². The summed E-state index contributed by atoms with van der Waals surface area (Å²) in [7, 11) is 0. The topological polar surface area (TPSA) is 80.4 Å². The normalized spacial score (nSPS) is 10.3. The molecule has 0 heterocycles. The fourth-order valence-corrected chi connectivity index (χ4v) is 3.55. The lowest BCUT2D eigenvalue weighted by Gasteiger charge is -2.09. The van der Waals surface area contributed by atoms with E-state index in [0.29, 0.717) is 14.7 Å².